The number of hydrogen-bond acceptors (Lipinski definition) is 4. The Morgan fingerprint density at radius 2 is 2.00 bits per heavy atom. The lowest BCUT2D eigenvalue weighted by molar-refractivity contribution is 0.898. The van der Waals surface area contributed by atoms with Crippen molar-refractivity contribution < 1.29 is 0 Å². The molecule has 1 saturated heterocycles. The molecule has 0 saturated carbocycles. The Morgan fingerprint density at radius 1 is 1.12 bits per heavy atom. The van der Waals surface area contributed by atoms with Gasteiger partial charge in [-0.15, -0.1) is 0 Å². The molecule has 0 unspecified atom stereocenters. The molecule has 5 heteroatoms. The third-order valence-electron chi connectivity index (χ3n) is 2.77. The average molecular weight is 215 g/mol. The average Bonchev–Trinajstić information content (AvgIpc) is 3.03. The molecule has 0 bridgehead atoms. The van der Waals surface area contributed by atoms with Crippen LogP contribution in [0.15, 0.2) is 24.7 Å². The largest absolute Gasteiger partial charge is 0.343 e. The maximum atomic E-state index is 4.52. The fourth-order valence-electron chi connectivity index (χ4n) is 1.96. The van der Waals surface area contributed by atoms with Crippen molar-refractivity contribution in [1.29, 1.82) is 0 Å². The third-order valence-corrected chi connectivity index (χ3v) is 2.77. The molecule has 16 heavy (non-hydrogen) atoms. The zero-order valence-corrected chi connectivity index (χ0v) is 8.93. The number of nitrogens with one attached hydrogen (secondary N) is 1. The predicted octanol–water partition coefficient (Wildman–Crippen LogP) is 1.47. The van der Waals surface area contributed by atoms with Crippen LogP contribution >= 0.6 is 0 Å². The third kappa shape index (κ3) is 1.64. The maximum absolute atomic E-state index is 4.52. The summed E-state index contributed by atoms with van der Waals surface area (Å²) in [5.74, 6) is 1.61. The van der Waals surface area contributed by atoms with E-state index in [1.807, 2.05) is 6.07 Å². The van der Waals surface area contributed by atoms with E-state index in [2.05, 4.69) is 24.8 Å². The number of nitrogens with zero attached hydrogens (tertiary/aromatic N) is 4. The Hall–Kier alpha value is -1.91. The monoisotopic (exact) mass is 215 g/mol. The minimum atomic E-state index is 0.794. The van der Waals surface area contributed by atoms with Gasteiger partial charge in [-0.25, -0.2) is 15.0 Å². The van der Waals surface area contributed by atoms with Crippen molar-refractivity contribution in [2.24, 2.45) is 0 Å². The molecule has 1 N–H and O–H groups in total. The highest BCUT2D eigenvalue weighted by atomic mass is 15.3. The second-order valence-electron chi connectivity index (χ2n) is 3.87. The van der Waals surface area contributed by atoms with Crippen LogP contribution in [0.4, 0.5) is 5.95 Å². The number of rotatable bonds is 2. The second kappa shape index (κ2) is 3.92. The summed E-state index contributed by atoms with van der Waals surface area (Å²) in [6.07, 6.45) is 7.78. The molecular weight excluding hydrogens is 202 g/mol. The molecule has 82 valence electrons. The minimum absolute atomic E-state index is 0.794. The summed E-state index contributed by atoms with van der Waals surface area (Å²) in [5.41, 5.74) is 0.849. The van der Waals surface area contributed by atoms with Crippen LogP contribution in [0.1, 0.15) is 12.8 Å². The van der Waals surface area contributed by atoms with Crippen LogP contribution in [-0.4, -0.2) is 33.0 Å². The first-order valence-electron chi connectivity index (χ1n) is 5.51. The molecule has 0 spiro atoms. The number of imidazole rings is 1. The van der Waals surface area contributed by atoms with Gasteiger partial charge in [0.1, 0.15) is 5.69 Å². The van der Waals surface area contributed by atoms with E-state index in [0.29, 0.717) is 0 Å². The molecule has 0 amide bonds. The summed E-state index contributed by atoms with van der Waals surface area (Å²) in [6.45, 7) is 2.11. The van der Waals surface area contributed by atoms with Crippen molar-refractivity contribution in [2.45, 2.75) is 12.8 Å². The van der Waals surface area contributed by atoms with E-state index in [1.54, 1.807) is 18.6 Å². The lowest BCUT2D eigenvalue weighted by Crippen LogP contribution is -2.20. The van der Waals surface area contributed by atoms with Crippen molar-refractivity contribution in [1.82, 2.24) is 19.9 Å². The van der Waals surface area contributed by atoms with E-state index in [-0.39, 0.29) is 0 Å². The lowest BCUT2D eigenvalue weighted by atomic mass is 10.4. The summed E-state index contributed by atoms with van der Waals surface area (Å²) in [4.78, 5) is 18.3. The van der Waals surface area contributed by atoms with E-state index in [1.165, 1.54) is 12.8 Å². The number of hydrogen-bond donors (Lipinski definition) is 1. The van der Waals surface area contributed by atoms with E-state index in [9.17, 15) is 0 Å². The van der Waals surface area contributed by atoms with Gasteiger partial charge in [0.15, 0.2) is 5.82 Å². The SMILES string of the molecule is c1cc(-c2ncc[nH]2)nc(N2CCCC2)n1. The van der Waals surface area contributed by atoms with Crippen LogP contribution in [0.3, 0.4) is 0 Å². The molecule has 0 aliphatic carbocycles. The van der Waals surface area contributed by atoms with Gasteiger partial charge < -0.3 is 9.88 Å². The van der Waals surface area contributed by atoms with E-state index in [0.717, 1.165) is 30.6 Å². The smallest absolute Gasteiger partial charge is 0.225 e. The Morgan fingerprint density at radius 3 is 2.75 bits per heavy atom. The number of anilines is 1. The highest BCUT2D eigenvalue weighted by molar-refractivity contribution is 5.51. The van der Waals surface area contributed by atoms with Gasteiger partial charge in [0.25, 0.3) is 0 Å². The van der Waals surface area contributed by atoms with Crippen molar-refractivity contribution in [3.05, 3.63) is 24.7 Å². The Kier molecular flexibility index (Phi) is 2.29. The van der Waals surface area contributed by atoms with Crippen LogP contribution in [0.2, 0.25) is 0 Å². The number of aromatic amines is 1. The molecule has 1 aliphatic heterocycles. The molecule has 1 fully saturated rings. The number of H-pyrrole nitrogens is 1. The molecule has 1 aliphatic rings. The first-order valence-corrected chi connectivity index (χ1v) is 5.51. The highest BCUT2D eigenvalue weighted by Crippen LogP contribution is 2.18. The lowest BCUT2D eigenvalue weighted by Gasteiger charge is -2.14. The fourth-order valence-corrected chi connectivity index (χ4v) is 1.96. The summed E-state index contributed by atoms with van der Waals surface area (Å²) in [5, 5.41) is 0. The van der Waals surface area contributed by atoms with Gasteiger partial charge in [0.2, 0.25) is 5.95 Å². The Labute approximate surface area is 93.6 Å². The predicted molar refractivity (Wildman–Crippen MR) is 61.1 cm³/mol. The van der Waals surface area contributed by atoms with Gasteiger partial charge in [-0.3, -0.25) is 0 Å². The van der Waals surface area contributed by atoms with Crippen LogP contribution in [0.5, 0.6) is 0 Å². The van der Waals surface area contributed by atoms with Gasteiger partial charge in [-0.05, 0) is 18.9 Å². The van der Waals surface area contributed by atoms with Crippen LogP contribution in [0, 0.1) is 0 Å². The molecule has 3 heterocycles. The van der Waals surface area contributed by atoms with Crippen molar-refractivity contribution in [3.8, 4) is 11.5 Å². The Balaban J connectivity index is 1.93. The molecule has 2 aromatic heterocycles. The molecule has 2 aromatic rings. The molecular formula is C11H13N5. The molecule has 5 nitrogen and oxygen atoms in total. The summed E-state index contributed by atoms with van der Waals surface area (Å²) in [7, 11) is 0. The summed E-state index contributed by atoms with van der Waals surface area (Å²) < 4.78 is 0. The second-order valence-corrected chi connectivity index (χ2v) is 3.87. The quantitative estimate of drug-likeness (QED) is 0.824. The van der Waals surface area contributed by atoms with Crippen molar-refractivity contribution >= 4 is 5.95 Å². The first-order chi connectivity index (χ1) is 7.93. The summed E-state index contributed by atoms with van der Waals surface area (Å²) in [6, 6.07) is 1.87. The fraction of sp³-hybridized carbons (Fsp3) is 0.364. The minimum Gasteiger partial charge on any atom is -0.343 e. The van der Waals surface area contributed by atoms with Gasteiger partial charge in [-0.1, -0.05) is 0 Å². The first kappa shape index (κ1) is 9.33. The van der Waals surface area contributed by atoms with Gasteiger partial charge in [-0.2, -0.15) is 0 Å². The van der Waals surface area contributed by atoms with E-state index >= 15 is 0 Å². The topological polar surface area (TPSA) is 57.7 Å². The normalized spacial score (nSPS) is 15.6. The molecule has 0 atom stereocenters. The maximum Gasteiger partial charge on any atom is 0.225 e. The van der Waals surface area contributed by atoms with Crippen LogP contribution < -0.4 is 4.90 Å². The van der Waals surface area contributed by atoms with Gasteiger partial charge in [0, 0.05) is 31.7 Å². The van der Waals surface area contributed by atoms with Crippen LogP contribution in [-0.2, 0) is 0 Å². The molecule has 3 rings (SSSR count). The number of aromatic nitrogens is 4. The van der Waals surface area contributed by atoms with E-state index in [4.69, 9.17) is 0 Å². The van der Waals surface area contributed by atoms with Gasteiger partial charge in [0.05, 0.1) is 0 Å². The molecule has 0 aromatic carbocycles. The zero-order chi connectivity index (χ0) is 10.8. The van der Waals surface area contributed by atoms with Crippen molar-refractivity contribution in [2.75, 3.05) is 18.0 Å². The molecule has 0 radical (unpaired) electrons. The summed E-state index contributed by atoms with van der Waals surface area (Å²) >= 11 is 0. The standard InChI is InChI=1S/C11H13N5/c1-2-8-16(7-1)11-14-4-3-9(15-11)10-12-5-6-13-10/h3-6H,1-2,7-8H2,(H,12,13). The zero-order valence-electron chi connectivity index (χ0n) is 8.93. The highest BCUT2D eigenvalue weighted by Gasteiger charge is 2.15. The van der Waals surface area contributed by atoms with Crippen molar-refractivity contribution in [3.63, 3.8) is 0 Å². The van der Waals surface area contributed by atoms with E-state index < -0.39 is 0 Å². The van der Waals surface area contributed by atoms with Crippen LogP contribution in [0.25, 0.3) is 11.5 Å². The van der Waals surface area contributed by atoms with Gasteiger partial charge >= 0.3 is 0 Å². The Bertz CT molecular complexity index is 459.